The lowest BCUT2D eigenvalue weighted by Crippen LogP contribution is -2.20. The van der Waals surface area contributed by atoms with E-state index in [1.807, 2.05) is 13.0 Å². The number of anilines is 2. The van der Waals surface area contributed by atoms with Crippen LogP contribution in [-0.4, -0.2) is 48.1 Å². The van der Waals surface area contributed by atoms with Gasteiger partial charge in [-0.2, -0.15) is 0 Å². The van der Waals surface area contributed by atoms with Gasteiger partial charge in [0, 0.05) is 18.7 Å². The topological polar surface area (TPSA) is 53.1 Å². The van der Waals surface area contributed by atoms with Crippen LogP contribution in [0.5, 0.6) is 0 Å². The normalized spacial score (nSPS) is 16.5. The Labute approximate surface area is 134 Å². The SMILES string of the molecule is Cc1nc(NCCCN(C)C)cc(NC2CCCCCC2)n1. The summed E-state index contributed by atoms with van der Waals surface area (Å²) in [7, 11) is 4.20. The maximum absolute atomic E-state index is 4.54. The van der Waals surface area contributed by atoms with Gasteiger partial charge in [-0.05, 0) is 46.8 Å². The molecule has 0 atom stereocenters. The highest BCUT2D eigenvalue weighted by Gasteiger charge is 2.13. The average Bonchev–Trinajstić information content (AvgIpc) is 2.71. The van der Waals surface area contributed by atoms with Crippen LogP contribution in [-0.2, 0) is 0 Å². The maximum atomic E-state index is 4.54. The summed E-state index contributed by atoms with van der Waals surface area (Å²) in [5.74, 6) is 2.73. The molecule has 2 rings (SSSR count). The number of hydrogen-bond donors (Lipinski definition) is 2. The molecule has 22 heavy (non-hydrogen) atoms. The Hall–Kier alpha value is -1.36. The molecule has 0 aromatic carbocycles. The zero-order valence-corrected chi connectivity index (χ0v) is 14.4. The van der Waals surface area contributed by atoms with Gasteiger partial charge < -0.3 is 15.5 Å². The predicted molar refractivity (Wildman–Crippen MR) is 93.5 cm³/mol. The van der Waals surface area contributed by atoms with Crippen molar-refractivity contribution in [3.05, 3.63) is 11.9 Å². The molecule has 0 radical (unpaired) electrons. The largest absolute Gasteiger partial charge is 0.370 e. The standard InChI is InChI=1S/C17H31N5/c1-14-19-16(18-11-8-12-22(2)3)13-17(20-14)21-15-9-6-4-5-7-10-15/h13,15H,4-12H2,1-3H3,(H2,18,19,20,21). The monoisotopic (exact) mass is 305 g/mol. The highest BCUT2D eigenvalue weighted by molar-refractivity contribution is 5.48. The predicted octanol–water partition coefficient (Wildman–Crippen LogP) is 3.28. The highest BCUT2D eigenvalue weighted by Crippen LogP contribution is 2.21. The molecule has 0 bridgehead atoms. The number of aromatic nitrogens is 2. The van der Waals surface area contributed by atoms with Gasteiger partial charge in [-0.25, -0.2) is 9.97 Å². The molecule has 1 heterocycles. The summed E-state index contributed by atoms with van der Waals surface area (Å²) < 4.78 is 0. The number of nitrogens with zero attached hydrogens (tertiary/aromatic N) is 3. The van der Waals surface area contributed by atoms with Gasteiger partial charge >= 0.3 is 0 Å². The van der Waals surface area contributed by atoms with Gasteiger partial charge in [-0.15, -0.1) is 0 Å². The highest BCUT2D eigenvalue weighted by atomic mass is 15.1. The van der Waals surface area contributed by atoms with E-state index >= 15 is 0 Å². The van der Waals surface area contributed by atoms with Gasteiger partial charge in [-0.3, -0.25) is 0 Å². The van der Waals surface area contributed by atoms with Gasteiger partial charge in [0.2, 0.25) is 0 Å². The summed E-state index contributed by atoms with van der Waals surface area (Å²) >= 11 is 0. The Bertz CT molecular complexity index is 439. The molecule has 1 saturated carbocycles. The van der Waals surface area contributed by atoms with Crippen molar-refractivity contribution < 1.29 is 0 Å². The lowest BCUT2D eigenvalue weighted by Gasteiger charge is -2.18. The maximum Gasteiger partial charge on any atom is 0.132 e. The molecule has 1 aliphatic carbocycles. The van der Waals surface area contributed by atoms with Crippen LogP contribution in [0.2, 0.25) is 0 Å². The zero-order chi connectivity index (χ0) is 15.8. The van der Waals surface area contributed by atoms with Crippen LogP contribution in [0.3, 0.4) is 0 Å². The number of hydrogen-bond acceptors (Lipinski definition) is 5. The fraction of sp³-hybridized carbons (Fsp3) is 0.765. The van der Waals surface area contributed by atoms with Gasteiger partial charge in [0.1, 0.15) is 17.5 Å². The molecule has 5 heteroatoms. The first-order valence-corrected chi connectivity index (χ1v) is 8.64. The Morgan fingerprint density at radius 1 is 1.09 bits per heavy atom. The van der Waals surface area contributed by atoms with E-state index in [2.05, 4.69) is 39.6 Å². The Morgan fingerprint density at radius 3 is 2.45 bits per heavy atom. The third kappa shape index (κ3) is 6.18. The lowest BCUT2D eigenvalue weighted by atomic mass is 10.1. The van der Waals surface area contributed by atoms with Crippen molar-refractivity contribution in [2.24, 2.45) is 0 Å². The second-order valence-corrected chi connectivity index (χ2v) is 6.60. The average molecular weight is 305 g/mol. The van der Waals surface area contributed by atoms with Crippen molar-refractivity contribution >= 4 is 11.6 Å². The van der Waals surface area contributed by atoms with Crippen LogP contribution < -0.4 is 10.6 Å². The molecule has 1 aromatic rings. The molecule has 1 aliphatic rings. The summed E-state index contributed by atoms with van der Waals surface area (Å²) in [6.07, 6.45) is 9.04. The molecule has 5 nitrogen and oxygen atoms in total. The second-order valence-electron chi connectivity index (χ2n) is 6.60. The summed E-state index contributed by atoms with van der Waals surface area (Å²) in [5, 5.41) is 7.02. The molecule has 1 fully saturated rings. The van der Waals surface area contributed by atoms with E-state index in [0.717, 1.165) is 37.0 Å². The van der Waals surface area contributed by atoms with Crippen molar-refractivity contribution in [2.75, 3.05) is 37.8 Å². The minimum Gasteiger partial charge on any atom is -0.370 e. The summed E-state index contributed by atoms with van der Waals surface area (Å²) in [6, 6.07) is 2.62. The Kier molecular flexibility index (Phi) is 6.90. The van der Waals surface area contributed by atoms with Crippen molar-refractivity contribution in [3.8, 4) is 0 Å². The van der Waals surface area contributed by atoms with Crippen molar-refractivity contribution in [1.82, 2.24) is 14.9 Å². The van der Waals surface area contributed by atoms with E-state index < -0.39 is 0 Å². The quantitative estimate of drug-likeness (QED) is 0.598. The third-order valence-electron chi connectivity index (χ3n) is 4.13. The molecular weight excluding hydrogens is 274 g/mol. The van der Waals surface area contributed by atoms with Crippen molar-refractivity contribution in [1.29, 1.82) is 0 Å². The first-order chi connectivity index (χ1) is 10.6. The van der Waals surface area contributed by atoms with E-state index in [9.17, 15) is 0 Å². The zero-order valence-electron chi connectivity index (χ0n) is 14.4. The molecule has 0 unspecified atom stereocenters. The van der Waals surface area contributed by atoms with E-state index in [0.29, 0.717) is 6.04 Å². The first kappa shape index (κ1) is 17.0. The molecule has 0 spiro atoms. The Balaban J connectivity index is 1.88. The first-order valence-electron chi connectivity index (χ1n) is 8.64. The Morgan fingerprint density at radius 2 is 1.77 bits per heavy atom. The number of aryl methyl sites for hydroxylation is 1. The molecule has 0 amide bonds. The van der Waals surface area contributed by atoms with E-state index in [4.69, 9.17) is 0 Å². The van der Waals surface area contributed by atoms with Gasteiger partial charge in [0.25, 0.3) is 0 Å². The van der Waals surface area contributed by atoms with Crippen molar-refractivity contribution in [2.45, 2.75) is 57.9 Å². The summed E-state index contributed by atoms with van der Waals surface area (Å²) in [4.78, 5) is 11.2. The fourth-order valence-corrected chi connectivity index (χ4v) is 2.98. The molecule has 0 saturated heterocycles. The van der Waals surface area contributed by atoms with E-state index in [1.54, 1.807) is 0 Å². The second kappa shape index (κ2) is 8.93. The molecule has 124 valence electrons. The fourth-order valence-electron chi connectivity index (χ4n) is 2.98. The molecule has 2 N–H and O–H groups in total. The van der Waals surface area contributed by atoms with Crippen molar-refractivity contribution in [3.63, 3.8) is 0 Å². The molecular formula is C17H31N5. The minimum atomic E-state index is 0.568. The van der Waals surface area contributed by atoms with Crippen LogP contribution in [0.25, 0.3) is 0 Å². The van der Waals surface area contributed by atoms with Crippen LogP contribution in [0, 0.1) is 6.92 Å². The van der Waals surface area contributed by atoms with Gasteiger partial charge in [0.15, 0.2) is 0 Å². The van der Waals surface area contributed by atoms with Crippen LogP contribution in [0.15, 0.2) is 6.07 Å². The van der Waals surface area contributed by atoms with Gasteiger partial charge in [0.05, 0.1) is 0 Å². The minimum absolute atomic E-state index is 0.568. The van der Waals surface area contributed by atoms with E-state index in [-0.39, 0.29) is 0 Å². The smallest absolute Gasteiger partial charge is 0.132 e. The lowest BCUT2D eigenvalue weighted by molar-refractivity contribution is 0.405. The summed E-state index contributed by atoms with van der Waals surface area (Å²) in [5.41, 5.74) is 0. The van der Waals surface area contributed by atoms with Crippen LogP contribution in [0.1, 0.15) is 50.8 Å². The molecule has 1 aromatic heterocycles. The summed E-state index contributed by atoms with van der Waals surface area (Å²) in [6.45, 7) is 3.99. The third-order valence-corrected chi connectivity index (χ3v) is 4.13. The molecule has 0 aliphatic heterocycles. The van der Waals surface area contributed by atoms with E-state index in [1.165, 1.54) is 38.5 Å². The number of rotatable bonds is 7. The van der Waals surface area contributed by atoms with Crippen LogP contribution >= 0.6 is 0 Å². The van der Waals surface area contributed by atoms with Gasteiger partial charge in [-0.1, -0.05) is 25.7 Å². The number of nitrogens with one attached hydrogen (secondary N) is 2. The van der Waals surface area contributed by atoms with Crippen LogP contribution in [0.4, 0.5) is 11.6 Å².